The number of ether oxygens (including phenoxy) is 1. The molecule has 7 nitrogen and oxygen atoms in total. The van der Waals surface area contributed by atoms with E-state index in [4.69, 9.17) is 4.74 Å². The molecule has 1 unspecified atom stereocenters. The molecule has 2 heterocycles. The molecule has 0 bridgehead atoms. The molecule has 2 aromatic carbocycles. The first-order valence-electron chi connectivity index (χ1n) is 8.95. The average Bonchev–Trinajstić information content (AvgIpc) is 3.34. The smallest absolute Gasteiger partial charge is 0.264 e. The Hall–Kier alpha value is -3.33. The molecule has 0 radical (unpaired) electrons. The first-order valence-corrected chi connectivity index (χ1v) is 9.77. The molecule has 1 atom stereocenters. The summed E-state index contributed by atoms with van der Waals surface area (Å²) >= 11 is 1.23. The highest BCUT2D eigenvalue weighted by Gasteiger charge is 2.34. The third-order valence-corrected chi connectivity index (χ3v) is 5.41. The fraction of sp³-hybridized carbons (Fsp3) is 0.200. The van der Waals surface area contributed by atoms with Crippen LogP contribution in [0.4, 0.5) is 15.2 Å². The van der Waals surface area contributed by atoms with Crippen LogP contribution < -0.4 is 15.0 Å². The van der Waals surface area contributed by atoms with Crippen LogP contribution in [0, 0.1) is 5.82 Å². The molecule has 0 spiro atoms. The van der Waals surface area contributed by atoms with Gasteiger partial charge in [0.05, 0.1) is 0 Å². The molecular formula is C20H17FN4O3S. The quantitative estimate of drug-likeness (QED) is 0.672. The molecule has 1 N–H and O–H groups in total. The van der Waals surface area contributed by atoms with E-state index in [0.29, 0.717) is 28.1 Å². The SMILES string of the molecule is O=C(COc1ccccc1)Nc1nnc(C2CC(=O)N(c3ccc(F)cc3)C2)s1. The van der Waals surface area contributed by atoms with Crippen molar-refractivity contribution < 1.29 is 18.7 Å². The number of hydrogen-bond donors (Lipinski definition) is 1. The number of amides is 2. The number of hydrogen-bond acceptors (Lipinski definition) is 6. The van der Waals surface area contributed by atoms with Gasteiger partial charge in [0.1, 0.15) is 16.6 Å². The van der Waals surface area contributed by atoms with Crippen LogP contribution in [0.5, 0.6) is 5.75 Å². The van der Waals surface area contributed by atoms with Gasteiger partial charge >= 0.3 is 0 Å². The third kappa shape index (κ3) is 4.57. The van der Waals surface area contributed by atoms with E-state index in [2.05, 4.69) is 15.5 Å². The molecule has 2 amide bonds. The van der Waals surface area contributed by atoms with Gasteiger partial charge in [-0.15, -0.1) is 10.2 Å². The molecule has 4 rings (SSSR count). The van der Waals surface area contributed by atoms with E-state index >= 15 is 0 Å². The van der Waals surface area contributed by atoms with Crippen molar-refractivity contribution in [2.45, 2.75) is 12.3 Å². The summed E-state index contributed by atoms with van der Waals surface area (Å²) in [4.78, 5) is 26.0. The number of aromatic nitrogens is 2. The molecule has 3 aromatic rings. The second-order valence-electron chi connectivity index (χ2n) is 6.48. The first-order chi connectivity index (χ1) is 14.1. The topological polar surface area (TPSA) is 84.4 Å². The van der Waals surface area contributed by atoms with Gasteiger partial charge in [-0.05, 0) is 36.4 Å². The third-order valence-electron chi connectivity index (χ3n) is 4.41. The van der Waals surface area contributed by atoms with Gasteiger partial charge < -0.3 is 9.64 Å². The fourth-order valence-corrected chi connectivity index (χ4v) is 3.87. The molecule has 1 saturated heterocycles. The maximum absolute atomic E-state index is 13.1. The minimum Gasteiger partial charge on any atom is -0.484 e. The number of carbonyl (C=O) groups excluding carboxylic acids is 2. The second-order valence-corrected chi connectivity index (χ2v) is 7.49. The van der Waals surface area contributed by atoms with Crippen molar-refractivity contribution in [1.29, 1.82) is 0 Å². The summed E-state index contributed by atoms with van der Waals surface area (Å²) < 4.78 is 18.5. The lowest BCUT2D eigenvalue weighted by Crippen LogP contribution is -2.24. The molecule has 9 heteroatoms. The maximum Gasteiger partial charge on any atom is 0.264 e. The highest BCUT2D eigenvalue weighted by molar-refractivity contribution is 7.15. The van der Waals surface area contributed by atoms with Crippen molar-refractivity contribution in [3.05, 3.63) is 65.4 Å². The number of nitrogens with zero attached hydrogens (tertiary/aromatic N) is 3. The van der Waals surface area contributed by atoms with Crippen molar-refractivity contribution >= 4 is 34.0 Å². The minimum atomic E-state index is -0.349. The van der Waals surface area contributed by atoms with Gasteiger partial charge in [0, 0.05) is 24.6 Å². The van der Waals surface area contributed by atoms with E-state index in [-0.39, 0.29) is 36.6 Å². The Morgan fingerprint density at radius 2 is 1.93 bits per heavy atom. The number of para-hydroxylation sites is 1. The normalized spacial score (nSPS) is 16.1. The van der Waals surface area contributed by atoms with Crippen molar-refractivity contribution in [3.63, 3.8) is 0 Å². The van der Waals surface area contributed by atoms with Crippen molar-refractivity contribution in [3.8, 4) is 5.75 Å². The zero-order chi connectivity index (χ0) is 20.2. The second kappa shape index (κ2) is 8.36. The van der Waals surface area contributed by atoms with Crippen LogP contribution in [0.3, 0.4) is 0 Å². The Balaban J connectivity index is 1.34. The Labute approximate surface area is 170 Å². The Morgan fingerprint density at radius 3 is 2.69 bits per heavy atom. The van der Waals surface area contributed by atoms with Gasteiger partial charge in [-0.2, -0.15) is 0 Å². The molecule has 0 aliphatic carbocycles. The Kier molecular flexibility index (Phi) is 5.48. The highest BCUT2D eigenvalue weighted by atomic mass is 32.1. The molecule has 1 aliphatic heterocycles. The van der Waals surface area contributed by atoms with Crippen LogP contribution in [-0.4, -0.2) is 35.2 Å². The molecule has 148 valence electrons. The maximum atomic E-state index is 13.1. The standard InChI is InChI=1S/C20H17FN4O3S/c21-14-6-8-15(9-7-14)25-11-13(10-18(25)27)19-23-24-20(29-19)22-17(26)12-28-16-4-2-1-3-5-16/h1-9,13H,10-12H2,(H,22,24,26). The Bertz CT molecular complexity index is 1010. The lowest BCUT2D eigenvalue weighted by molar-refractivity contribution is -0.118. The van der Waals surface area contributed by atoms with Crippen LogP contribution in [0.25, 0.3) is 0 Å². The van der Waals surface area contributed by atoms with Crippen molar-refractivity contribution in [1.82, 2.24) is 10.2 Å². The first kappa shape index (κ1) is 19.0. The number of anilines is 2. The largest absolute Gasteiger partial charge is 0.484 e. The lowest BCUT2D eigenvalue weighted by Gasteiger charge is -2.16. The summed E-state index contributed by atoms with van der Waals surface area (Å²) in [5, 5.41) is 11.8. The highest BCUT2D eigenvalue weighted by Crippen LogP contribution is 2.34. The Morgan fingerprint density at radius 1 is 1.17 bits per heavy atom. The predicted molar refractivity (Wildman–Crippen MR) is 107 cm³/mol. The van der Waals surface area contributed by atoms with Gasteiger partial charge in [-0.25, -0.2) is 4.39 Å². The number of carbonyl (C=O) groups is 2. The number of benzene rings is 2. The summed E-state index contributed by atoms with van der Waals surface area (Å²) in [6.07, 6.45) is 0.289. The van der Waals surface area contributed by atoms with Gasteiger partial charge in [-0.1, -0.05) is 29.5 Å². The van der Waals surface area contributed by atoms with E-state index in [1.807, 2.05) is 18.2 Å². The zero-order valence-corrected chi connectivity index (χ0v) is 16.1. The van der Waals surface area contributed by atoms with Crippen molar-refractivity contribution in [2.75, 3.05) is 23.4 Å². The van der Waals surface area contributed by atoms with Gasteiger partial charge in [0.15, 0.2) is 6.61 Å². The van der Waals surface area contributed by atoms with E-state index in [1.165, 1.54) is 23.5 Å². The van der Waals surface area contributed by atoms with Crippen LogP contribution in [0.2, 0.25) is 0 Å². The number of rotatable bonds is 6. The van der Waals surface area contributed by atoms with Gasteiger partial charge in [0.2, 0.25) is 11.0 Å². The monoisotopic (exact) mass is 412 g/mol. The summed E-state index contributed by atoms with van der Waals surface area (Å²) in [6.45, 7) is 0.295. The number of nitrogens with one attached hydrogen (secondary N) is 1. The average molecular weight is 412 g/mol. The van der Waals surface area contributed by atoms with Gasteiger partial charge in [-0.3, -0.25) is 14.9 Å². The van der Waals surface area contributed by atoms with E-state index in [0.717, 1.165) is 0 Å². The van der Waals surface area contributed by atoms with E-state index in [1.54, 1.807) is 29.2 Å². The summed E-state index contributed by atoms with van der Waals surface area (Å²) in [5.41, 5.74) is 0.648. The predicted octanol–water partition coefficient (Wildman–Crippen LogP) is 3.22. The molecule has 1 fully saturated rings. The van der Waals surface area contributed by atoms with Crippen LogP contribution in [0.1, 0.15) is 17.3 Å². The van der Waals surface area contributed by atoms with Crippen LogP contribution in [-0.2, 0) is 9.59 Å². The number of halogens is 1. The molecule has 1 aliphatic rings. The molecule has 29 heavy (non-hydrogen) atoms. The van der Waals surface area contributed by atoms with Crippen LogP contribution in [0.15, 0.2) is 54.6 Å². The molecule has 0 saturated carbocycles. The van der Waals surface area contributed by atoms with E-state index in [9.17, 15) is 14.0 Å². The summed E-state index contributed by atoms with van der Waals surface area (Å²) in [6, 6.07) is 14.8. The molecule has 1 aromatic heterocycles. The van der Waals surface area contributed by atoms with E-state index < -0.39 is 0 Å². The van der Waals surface area contributed by atoms with Crippen molar-refractivity contribution in [2.24, 2.45) is 0 Å². The fourth-order valence-electron chi connectivity index (χ4n) is 3.01. The summed E-state index contributed by atoms with van der Waals surface area (Å²) in [5.74, 6) is -0.273. The van der Waals surface area contributed by atoms with Gasteiger partial charge in [0.25, 0.3) is 5.91 Å². The summed E-state index contributed by atoms with van der Waals surface area (Å²) in [7, 11) is 0. The minimum absolute atomic E-state index is 0.0568. The lowest BCUT2D eigenvalue weighted by atomic mass is 10.1. The van der Waals surface area contributed by atoms with Crippen LogP contribution >= 0.6 is 11.3 Å². The molecular weight excluding hydrogens is 395 g/mol. The zero-order valence-electron chi connectivity index (χ0n) is 15.2.